The topological polar surface area (TPSA) is 26.0 Å². The third-order valence-electron chi connectivity index (χ3n) is 3.27. The van der Waals surface area contributed by atoms with Crippen molar-refractivity contribution in [3.63, 3.8) is 0 Å². The first-order chi connectivity index (χ1) is 8.61. The van der Waals surface area contributed by atoms with Gasteiger partial charge in [-0.05, 0) is 43.9 Å². The molecule has 106 valence electrons. The molecule has 3 heteroatoms. The van der Waals surface area contributed by atoms with Gasteiger partial charge in [0.05, 0.1) is 5.02 Å². The van der Waals surface area contributed by atoms with Crippen LogP contribution in [-0.4, -0.2) is 5.54 Å². The van der Waals surface area contributed by atoms with Crippen molar-refractivity contribution < 1.29 is 4.39 Å². The first kappa shape index (κ1) is 16.2. The van der Waals surface area contributed by atoms with Gasteiger partial charge in [-0.15, -0.1) is 0 Å². The van der Waals surface area contributed by atoms with E-state index < -0.39 is 5.82 Å². The summed E-state index contributed by atoms with van der Waals surface area (Å²) in [5, 5.41) is 0.143. The van der Waals surface area contributed by atoms with Crippen LogP contribution in [0.5, 0.6) is 0 Å². The van der Waals surface area contributed by atoms with Gasteiger partial charge in [0, 0.05) is 11.5 Å². The summed E-state index contributed by atoms with van der Waals surface area (Å²) in [6.07, 6.45) is 0.727. The molecule has 0 spiro atoms. The van der Waals surface area contributed by atoms with Crippen molar-refractivity contribution in [3.8, 4) is 0 Å². The molecule has 1 atom stereocenters. The van der Waals surface area contributed by atoms with Crippen LogP contribution in [0.25, 0.3) is 0 Å². The third-order valence-corrected chi connectivity index (χ3v) is 3.57. The molecule has 1 rings (SSSR count). The molecular weight excluding hydrogens is 261 g/mol. The van der Waals surface area contributed by atoms with Gasteiger partial charge >= 0.3 is 0 Å². The smallest absolute Gasteiger partial charge is 0.142 e. The maximum atomic E-state index is 13.6. The molecule has 0 aliphatic carbocycles. The summed E-state index contributed by atoms with van der Waals surface area (Å²) >= 11 is 5.74. The zero-order chi connectivity index (χ0) is 14.8. The lowest BCUT2D eigenvalue weighted by Crippen LogP contribution is -2.34. The third kappa shape index (κ3) is 4.63. The summed E-state index contributed by atoms with van der Waals surface area (Å²) in [5.41, 5.74) is 7.74. The fraction of sp³-hybridized carbons (Fsp3) is 0.500. The molecule has 1 aromatic rings. The lowest BCUT2D eigenvalue weighted by Gasteiger charge is -2.29. The Balaban J connectivity index is 3.15. The molecule has 2 N–H and O–H groups in total. The van der Waals surface area contributed by atoms with Crippen LogP contribution >= 0.6 is 11.6 Å². The zero-order valence-electron chi connectivity index (χ0n) is 12.1. The Kier molecular flexibility index (Phi) is 5.17. The number of allylic oxidation sites excluding steroid dienone is 1. The molecule has 0 radical (unpaired) electrons. The van der Waals surface area contributed by atoms with Crippen LogP contribution in [0.4, 0.5) is 4.39 Å². The Hall–Kier alpha value is -0.860. The second-order valence-corrected chi connectivity index (χ2v) is 6.56. The average Bonchev–Trinajstić information content (AvgIpc) is 2.27. The molecule has 0 aromatic heterocycles. The number of nitrogens with two attached hydrogens (primary N) is 1. The second kappa shape index (κ2) is 6.06. The number of rotatable bonds is 5. The molecule has 19 heavy (non-hydrogen) atoms. The molecule has 0 bridgehead atoms. The Labute approximate surface area is 120 Å². The first-order valence-electron chi connectivity index (χ1n) is 6.54. The lowest BCUT2D eigenvalue weighted by molar-refractivity contribution is 0.433. The van der Waals surface area contributed by atoms with E-state index in [1.807, 2.05) is 19.9 Å². The Morgan fingerprint density at radius 3 is 2.42 bits per heavy atom. The van der Waals surface area contributed by atoms with Crippen molar-refractivity contribution in [3.05, 3.63) is 46.8 Å². The van der Waals surface area contributed by atoms with Crippen molar-refractivity contribution in [2.24, 2.45) is 11.7 Å². The van der Waals surface area contributed by atoms with E-state index in [1.165, 1.54) is 6.07 Å². The van der Waals surface area contributed by atoms with Crippen LogP contribution in [0.15, 0.2) is 30.4 Å². The van der Waals surface area contributed by atoms with Gasteiger partial charge in [-0.25, -0.2) is 4.39 Å². The lowest BCUT2D eigenvalue weighted by atomic mass is 9.78. The van der Waals surface area contributed by atoms with Crippen molar-refractivity contribution in [1.82, 2.24) is 0 Å². The van der Waals surface area contributed by atoms with E-state index in [2.05, 4.69) is 20.4 Å². The van der Waals surface area contributed by atoms with Gasteiger partial charge in [0.25, 0.3) is 0 Å². The normalized spacial score (nSPS) is 13.7. The highest BCUT2D eigenvalue weighted by Crippen LogP contribution is 2.35. The predicted molar refractivity (Wildman–Crippen MR) is 81.0 cm³/mol. The summed E-state index contributed by atoms with van der Waals surface area (Å²) in [5.74, 6) is -0.0200. The molecule has 0 aliphatic rings. The number of benzene rings is 1. The van der Waals surface area contributed by atoms with Gasteiger partial charge in [-0.2, -0.15) is 0 Å². The minimum absolute atomic E-state index is 0.0479. The van der Waals surface area contributed by atoms with E-state index in [-0.39, 0.29) is 16.5 Å². The predicted octanol–water partition coefficient (Wildman–Crippen LogP) is 4.90. The fourth-order valence-corrected chi connectivity index (χ4v) is 2.24. The standard InChI is InChI=1S/C16H23ClFN/c1-10(2)11(3)13(9-16(4,5)19)12-6-7-14(17)15(18)8-12/h6-8,10,13H,3,9,19H2,1-2,4-5H3/t13-/m0/s1. The van der Waals surface area contributed by atoms with Crippen LogP contribution in [0.1, 0.15) is 45.6 Å². The monoisotopic (exact) mass is 283 g/mol. The van der Waals surface area contributed by atoms with Crippen LogP contribution in [-0.2, 0) is 0 Å². The maximum Gasteiger partial charge on any atom is 0.142 e. The summed E-state index contributed by atoms with van der Waals surface area (Å²) in [7, 11) is 0. The molecule has 0 saturated carbocycles. The van der Waals surface area contributed by atoms with E-state index in [0.29, 0.717) is 5.92 Å². The van der Waals surface area contributed by atoms with Crippen molar-refractivity contribution in [1.29, 1.82) is 0 Å². The van der Waals surface area contributed by atoms with Crippen LogP contribution in [0.3, 0.4) is 0 Å². The molecular formula is C16H23ClFN. The molecule has 0 aliphatic heterocycles. The fourth-order valence-electron chi connectivity index (χ4n) is 2.12. The second-order valence-electron chi connectivity index (χ2n) is 6.15. The summed E-state index contributed by atoms with van der Waals surface area (Å²) < 4.78 is 13.6. The molecule has 0 saturated heterocycles. The quantitative estimate of drug-likeness (QED) is 0.764. The van der Waals surface area contributed by atoms with E-state index in [9.17, 15) is 4.39 Å². The van der Waals surface area contributed by atoms with Gasteiger partial charge in [0.15, 0.2) is 0 Å². The molecule has 0 heterocycles. The summed E-state index contributed by atoms with van der Waals surface area (Å²) in [6, 6.07) is 4.94. The summed E-state index contributed by atoms with van der Waals surface area (Å²) in [4.78, 5) is 0. The highest BCUT2D eigenvalue weighted by atomic mass is 35.5. The van der Waals surface area contributed by atoms with Crippen LogP contribution < -0.4 is 5.73 Å². The van der Waals surface area contributed by atoms with Crippen molar-refractivity contribution in [2.75, 3.05) is 0 Å². The van der Waals surface area contributed by atoms with E-state index in [1.54, 1.807) is 6.07 Å². The minimum atomic E-state index is -0.393. The van der Waals surface area contributed by atoms with Crippen LogP contribution in [0.2, 0.25) is 5.02 Å². The summed E-state index contributed by atoms with van der Waals surface area (Å²) in [6.45, 7) is 12.3. The van der Waals surface area contributed by atoms with Gasteiger partial charge < -0.3 is 5.73 Å². The van der Waals surface area contributed by atoms with Gasteiger partial charge in [-0.1, -0.05) is 43.7 Å². The van der Waals surface area contributed by atoms with Gasteiger partial charge in [0.2, 0.25) is 0 Å². The molecule has 0 unspecified atom stereocenters. The van der Waals surface area contributed by atoms with Crippen molar-refractivity contribution in [2.45, 2.75) is 45.6 Å². The van der Waals surface area contributed by atoms with E-state index in [4.69, 9.17) is 17.3 Å². The highest BCUT2D eigenvalue weighted by Gasteiger charge is 2.24. The van der Waals surface area contributed by atoms with Crippen LogP contribution in [0, 0.1) is 11.7 Å². The minimum Gasteiger partial charge on any atom is -0.326 e. The first-order valence-corrected chi connectivity index (χ1v) is 6.92. The van der Waals surface area contributed by atoms with Crippen molar-refractivity contribution >= 4 is 11.6 Å². The largest absolute Gasteiger partial charge is 0.326 e. The van der Waals surface area contributed by atoms with E-state index >= 15 is 0 Å². The maximum absolute atomic E-state index is 13.6. The molecule has 0 amide bonds. The Bertz CT molecular complexity index is 460. The highest BCUT2D eigenvalue weighted by molar-refractivity contribution is 6.30. The van der Waals surface area contributed by atoms with Gasteiger partial charge in [0.1, 0.15) is 5.82 Å². The Morgan fingerprint density at radius 1 is 1.42 bits per heavy atom. The zero-order valence-corrected chi connectivity index (χ0v) is 12.9. The average molecular weight is 284 g/mol. The molecule has 1 nitrogen and oxygen atoms in total. The number of halogens is 2. The molecule has 1 aromatic carbocycles. The SMILES string of the molecule is C=C(C(C)C)[C@H](CC(C)(C)N)c1ccc(Cl)c(F)c1. The van der Waals surface area contributed by atoms with Gasteiger partial charge in [-0.3, -0.25) is 0 Å². The Morgan fingerprint density at radius 2 is 2.00 bits per heavy atom. The number of hydrogen-bond acceptors (Lipinski definition) is 1. The van der Waals surface area contributed by atoms with E-state index in [0.717, 1.165) is 17.6 Å². The number of hydrogen-bond donors (Lipinski definition) is 1. The molecule has 0 fully saturated rings.